The minimum absolute atomic E-state index is 0.302. The Balaban J connectivity index is 2.66. The molecule has 1 aromatic carbocycles. The Hall–Kier alpha value is -2.10. The van der Waals surface area contributed by atoms with E-state index in [0.717, 1.165) is 6.08 Å². The third-order valence-corrected chi connectivity index (χ3v) is 1.93. The monoisotopic (exact) mass is 219 g/mol. The number of hydrogen-bond acceptors (Lipinski definition) is 3. The van der Waals surface area contributed by atoms with Crippen LogP contribution in [0.25, 0.3) is 0 Å². The molecule has 1 aromatic rings. The first-order chi connectivity index (χ1) is 7.63. The lowest BCUT2D eigenvalue weighted by Gasteiger charge is -2.04. The lowest BCUT2D eigenvalue weighted by Crippen LogP contribution is -2.13. The Morgan fingerprint density at radius 3 is 2.44 bits per heavy atom. The highest BCUT2D eigenvalue weighted by Gasteiger charge is 2.06. The zero-order chi connectivity index (χ0) is 12.0. The molecule has 1 N–H and O–H groups in total. The Morgan fingerprint density at radius 2 is 1.88 bits per heavy atom. The van der Waals surface area contributed by atoms with Crippen LogP contribution in [0.4, 0.5) is 5.69 Å². The predicted molar refractivity (Wildman–Crippen MR) is 60.8 cm³/mol. The van der Waals surface area contributed by atoms with Gasteiger partial charge in [-0.25, -0.2) is 4.79 Å². The lowest BCUT2D eigenvalue weighted by atomic mass is 10.2. The topological polar surface area (TPSA) is 55.4 Å². The molecule has 0 radical (unpaired) electrons. The normalized spacial score (nSPS) is 10.8. The number of para-hydroxylation sites is 1. The molecule has 0 bridgehead atoms. The van der Waals surface area contributed by atoms with Gasteiger partial charge in [-0.15, -0.1) is 0 Å². The highest BCUT2D eigenvalue weighted by molar-refractivity contribution is 6.06. The summed E-state index contributed by atoms with van der Waals surface area (Å²) in [7, 11) is 1.27. The molecule has 0 atom stereocenters. The number of esters is 1. The van der Waals surface area contributed by atoms with Gasteiger partial charge in [-0.05, 0) is 19.1 Å². The zero-order valence-electron chi connectivity index (χ0n) is 9.19. The number of methoxy groups -OCH3 is 1. The molecule has 4 heteroatoms. The minimum atomic E-state index is -0.541. The van der Waals surface area contributed by atoms with Crippen LogP contribution in [-0.4, -0.2) is 19.0 Å². The Kier molecular flexibility index (Phi) is 4.27. The third kappa shape index (κ3) is 3.57. The van der Waals surface area contributed by atoms with Gasteiger partial charge in [-0.2, -0.15) is 0 Å². The van der Waals surface area contributed by atoms with Crippen molar-refractivity contribution in [1.29, 1.82) is 0 Å². The zero-order valence-corrected chi connectivity index (χ0v) is 9.19. The lowest BCUT2D eigenvalue weighted by molar-refractivity contribution is -0.135. The molecular weight excluding hydrogens is 206 g/mol. The van der Waals surface area contributed by atoms with Gasteiger partial charge in [-0.3, -0.25) is 4.79 Å². The SMILES string of the molecule is COC(=O)/C=C(\C)C(=O)Nc1ccccc1. The molecule has 1 rings (SSSR count). The summed E-state index contributed by atoms with van der Waals surface area (Å²) in [4.78, 5) is 22.5. The van der Waals surface area contributed by atoms with E-state index in [2.05, 4.69) is 10.1 Å². The number of carbonyl (C=O) groups excluding carboxylic acids is 2. The number of amides is 1. The van der Waals surface area contributed by atoms with E-state index in [1.165, 1.54) is 7.11 Å². The van der Waals surface area contributed by atoms with Crippen LogP contribution in [0.5, 0.6) is 0 Å². The summed E-state index contributed by atoms with van der Waals surface area (Å²) >= 11 is 0. The van der Waals surface area contributed by atoms with Gasteiger partial charge in [-0.1, -0.05) is 18.2 Å². The van der Waals surface area contributed by atoms with Crippen molar-refractivity contribution in [3.05, 3.63) is 42.0 Å². The van der Waals surface area contributed by atoms with Gasteiger partial charge in [0, 0.05) is 17.3 Å². The largest absolute Gasteiger partial charge is 0.466 e. The average Bonchev–Trinajstić information content (AvgIpc) is 2.30. The number of rotatable bonds is 3. The molecule has 0 fully saturated rings. The number of carbonyl (C=O) groups is 2. The van der Waals surface area contributed by atoms with E-state index >= 15 is 0 Å². The van der Waals surface area contributed by atoms with Gasteiger partial charge in [0.2, 0.25) is 0 Å². The number of anilines is 1. The highest BCUT2D eigenvalue weighted by atomic mass is 16.5. The average molecular weight is 219 g/mol. The molecule has 84 valence electrons. The molecule has 0 spiro atoms. The first kappa shape index (κ1) is 12.0. The minimum Gasteiger partial charge on any atom is -0.466 e. The summed E-state index contributed by atoms with van der Waals surface area (Å²) in [6, 6.07) is 9.02. The van der Waals surface area contributed by atoms with Crippen molar-refractivity contribution >= 4 is 17.6 Å². The molecule has 0 saturated heterocycles. The highest BCUT2D eigenvalue weighted by Crippen LogP contribution is 2.07. The molecule has 0 aliphatic heterocycles. The van der Waals surface area contributed by atoms with Crippen molar-refractivity contribution in [2.75, 3.05) is 12.4 Å². The van der Waals surface area contributed by atoms with Crippen LogP contribution in [-0.2, 0) is 14.3 Å². The quantitative estimate of drug-likeness (QED) is 0.622. The summed E-state index contributed by atoms with van der Waals surface area (Å²) in [5.74, 6) is -0.864. The summed E-state index contributed by atoms with van der Waals surface area (Å²) in [5.41, 5.74) is 0.987. The van der Waals surface area contributed by atoms with Crippen LogP contribution >= 0.6 is 0 Å². The predicted octanol–water partition coefficient (Wildman–Crippen LogP) is 1.74. The van der Waals surface area contributed by atoms with E-state index in [-0.39, 0.29) is 5.91 Å². The first-order valence-corrected chi connectivity index (χ1v) is 4.76. The van der Waals surface area contributed by atoms with Crippen LogP contribution in [0.2, 0.25) is 0 Å². The van der Waals surface area contributed by atoms with Crippen molar-refractivity contribution in [3.8, 4) is 0 Å². The smallest absolute Gasteiger partial charge is 0.330 e. The van der Waals surface area contributed by atoms with Crippen LogP contribution < -0.4 is 5.32 Å². The molecule has 0 aliphatic carbocycles. The fourth-order valence-corrected chi connectivity index (χ4v) is 1.05. The Bertz CT molecular complexity index is 410. The van der Waals surface area contributed by atoms with E-state index in [1.807, 2.05) is 18.2 Å². The maximum atomic E-state index is 11.6. The van der Waals surface area contributed by atoms with Crippen molar-refractivity contribution in [1.82, 2.24) is 0 Å². The molecule has 0 heterocycles. The molecule has 0 saturated carbocycles. The van der Waals surface area contributed by atoms with Crippen LogP contribution in [0.3, 0.4) is 0 Å². The molecule has 0 unspecified atom stereocenters. The molecule has 4 nitrogen and oxygen atoms in total. The number of hydrogen-bond donors (Lipinski definition) is 1. The molecule has 1 amide bonds. The van der Waals surface area contributed by atoms with Crippen molar-refractivity contribution < 1.29 is 14.3 Å². The third-order valence-electron chi connectivity index (χ3n) is 1.93. The van der Waals surface area contributed by atoms with Crippen LogP contribution in [0.1, 0.15) is 6.92 Å². The van der Waals surface area contributed by atoms with Crippen molar-refractivity contribution in [2.45, 2.75) is 6.92 Å². The number of benzene rings is 1. The van der Waals surface area contributed by atoms with Gasteiger partial charge in [0.1, 0.15) is 0 Å². The standard InChI is InChI=1S/C12H13NO3/c1-9(8-11(14)16-2)12(15)13-10-6-4-3-5-7-10/h3-8H,1-2H3,(H,13,15)/b9-8+. The second kappa shape index (κ2) is 5.70. The van der Waals surface area contributed by atoms with Gasteiger partial charge in [0.25, 0.3) is 5.91 Å². The Morgan fingerprint density at radius 1 is 1.25 bits per heavy atom. The van der Waals surface area contributed by atoms with E-state index in [9.17, 15) is 9.59 Å². The van der Waals surface area contributed by atoms with E-state index < -0.39 is 5.97 Å². The van der Waals surface area contributed by atoms with Crippen molar-refractivity contribution in [3.63, 3.8) is 0 Å². The van der Waals surface area contributed by atoms with Gasteiger partial charge in [0.05, 0.1) is 7.11 Å². The second-order valence-corrected chi connectivity index (χ2v) is 3.17. The van der Waals surface area contributed by atoms with E-state index in [4.69, 9.17) is 0 Å². The van der Waals surface area contributed by atoms with Gasteiger partial charge < -0.3 is 10.1 Å². The fraction of sp³-hybridized carbons (Fsp3) is 0.167. The van der Waals surface area contributed by atoms with Crippen LogP contribution in [0, 0.1) is 0 Å². The van der Waals surface area contributed by atoms with Crippen LogP contribution in [0.15, 0.2) is 42.0 Å². The summed E-state index contributed by atoms with van der Waals surface area (Å²) in [6.45, 7) is 1.55. The van der Waals surface area contributed by atoms with E-state index in [0.29, 0.717) is 11.3 Å². The van der Waals surface area contributed by atoms with Gasteiger partial charge in [0.15, 0.2) is 0 Å². The maximum absolute atomic E-state index is 11.6. The molecular formula is C12H13NO3. The number of ether oxygens (including phenoxy) is 1. The van der Waals surface area contributed by atoms with Crippen molar-refractivity contribution in [2.24, 2.45) is 0 Å². The fourth-order valence-electron chi connectivity index (χ4n) is 1.05. The van der Waals surface area contributed by atoms with Gasteiger partial charge >= 0.3 is 5.97 Å². The second-order valence-electron chi connectivity index (χ2n) is 3.17. The first-order valence-electron chi connectivity index (χ1n) is 4.76. The summed E-state index contributed by atoms with van der Waals surface area (Å²) < 4.78 is 4.43. The molecule has 0 aliphatic rings. The Labute approximate surface area is 93.9 Å². The number of nitrogens with one attached hydrogen (secondary N) is 1. The molecule has 0 aromatic heterocycles. The molecule has 16 heavy (non-hydrogen) atoms. The van der Waals surface area contributed by atoms with E-state index in [1.54, 1.807) is 19.1 Å². The summed E-state index contributed by atoms with van der Waals surface area (Å²) in [5, 5.41) is 2.66. The maximum Gasteiger partial charge on any atom is 0.330 e. The summed E-state index contributed by atoms with van der Waals surface area (Å²) in [6.07, 6.45) is 1.15.